The highest BCUT2D eigenvalue weighted by Crippen LogP contribution is 2.15. The highest BCUT2D eigenvalue weighted by atomic mass is 16.2. The normalized spacial score (nSPS) is 16.1. The first-order valence-corrected chi connectivity index (χ1v) is 7.28. The van der Waals surface area contributed by atoms with Crippen LogP contribution in [0.5, 0.6) is 0 Å². The van der Waals surface area contributed by atoms with Gasteiger partial charge in [-0.2, -0.15) is 0 Å². The van der Waals surface area contributed by atoms with Crippen LogP contribution in [0, 0.1) is 6.92 Å². The number of anilines is 1. The van der Waals surface area contributed by atoms with Crippen LogP contribution in [-0.2, 0) is 0 Å². The number of aryl methyl sites for hydroxylation is 1. The quantitative estimate of drug-likeness (QED) is 0.902. The highest BCUT2D eigenvalue weighted by molar-refractivity contribution is 5.92. The largest absolute Gasteiger partial charge is 0.350 e. The standard InChI is InChI=1S/C15H24N4O/c1-11-10-12(13(20)19-8-6-5-7-9-19)17-14(16-11)18-15(2,3)4/h10H,5-9H2,1-4H3,(H,16,17,18). The van der Waals surface area contributed by atoms with Crippen LogP contribution in [0.25, 0.3) is 0 Å². The molecule has 5 heteroatoms. The minimum absolute atomic E-state index is 0.0205. The van der Waals surface area contributed by atoms with E-state index < -0.39 is 0 Å². The lowest BCUT2D eigenvalue weighted by Gasteiger charge is -2.27. The molecule has 0 aliphatic carbocycles. The van der Waals surface area contributed by atoms with Crippen molar-refractivity contribution in [2.24, 2.45) is 0 Å². The molecule has 1 aliphatic heterocycles. The van der Waals surface area contributed by atoms with Gasteiger partial charge in [0, 0.05) is 24.3 Å². The lowest BCUT2D eigenvalue weighted by molar-refractivity contribution is 0.0718. The van der Waals surface area contributed by atoms with Crippen molar-refractivity contribution < 1.29 is 4.79 Å². The van der Waals surface area contributed by atoms with Crippen molar-refractivity contribution in [3.63, 3.8) is 0 Å². The Kier molecular flexibility index (Phi) is 4.26. The van der Waals surface area contributed by atoms with Crippen LogP contribution in [0.3, 0.4) is 0 Å². The second-order valence-electron chi connectivity index (χ2n) is 6.45. The molecule has 1 aromatic heterocycles. The van der Waals surface area contributed by atoms with E-state index in [9.17, 15) is 4.79 Å². The molecule has 5 nitrogen and oxygen atoms in total. The fourth-order valence-corrected chi connectivity index (χ4v) is 2.33. The number of piperidine rings is 1. The number of hydrogen-bond acceptors (Lipinski definition) is 4. The van der Waals surface area contributed by atoms with Gasteiger partial charge in [-0.1, -0.05) is 0 Å². The summed E-state index contributed by atoms with van der Waals surface area (Å²) < 4.78 is 0. The van der Waals surface area contributed by atoms with Crippen molar-refractivity contribution in [3.05, 3.63) is 17.5 Å². The molecule has 0 radical (unpaired) electrons. The number of likely N-dealkylation sites (tertiary alicyclic amines) is 1. The first-order chi connectivity index (χ1) is 9.35. The smallest absolute Gasteiger partial charge is 0.272 e. The number of carbonyl (C=O) groups is 1. The van der Waals surface area contributed by atoms with E-state index in [4.69, 9.17) is 0 Å². The predicted octanol–water partition coefficient (Wildman–Crippen LogP) is 2.62. The molecule has 1 amide bonds. The third-order valence-corrected chi connectivity index (χ3v) is 3.20. The first-order valence-electron chi connectivity index (χ1n) is 7.28. The summed E-state index contributed by atoms with van der Waals surface area (Å²) in [7, 11) is 0. The summed E-state index contributed by atoms with van der Waals surface area (Å²) in [5.41, 5.74) is 1.18. The van der Waals surface area contributed by atoms with E-state index in [0.29, 0.717) is 11.6 Å². The summed E-state index contributed by atoms with van der Waals surface area (Å²) in [5.74, 6) is 0.546. The summed E-state index contributed by atoms with van der Waals surface area (Å²) in [6, 6.07) is 1.77. The third kappa shape index (κ3) is 3.92. The molecule has 2 heterocycles. The lowest BCUT2D eigenvalue weighted by atomic mass is 10.1. The fraction of sp³-hybridized carbons (Fsp3) is 0.667. The molecule has 1 saturated heterocycles. The van der Waals surface area contributed by atoms with Crippen LogP contribution in [0.2, 0.25) is 0 Å². The van der Waals surface area contributed by atoms with E-state index in [-0.39, 0.29) is 11.4 Å². The summed E-state index contributed by atoms with van der Waals surface area (Å²) in [6.07, 6.45) is 3.38. The second kappa shape index (κ2) is 5.77. The van der Waals surface area contributed by atoms with Gasteiger partial charge < -0.3 is 10.2 Å². The maximum absolute atomic E-state index is 12.5. The number of amides is 1. The van der Waals surface area contributed by atoms with Gasteiger partial charge >= 0.3 is 0 Å². The zero-order valence-corrected chi connectivity index (χ0v) is 12.9. The number of hydrogen-bond donors (Lipinski definition) is 1. The molecule has 0 bridgehead atoms. The van der Waals surface area contributed by atoms with Gasteiger partial charge in [0.1, 0.15) is 5.69 Å². The van der Waals surface area contributed by atoms with E-state index >= 15 is 0 Å². The maximum Gasteiger partial charge on any atom is 0.272 e. The molecule has 1 fully saturated rings. The molecular formula is C15H24N4O. The second-order valence-corrected chi connectivity index (χ2v) is 6.45. The summed E-state index contributed by atoms with van der Waals surface area (Å²) in [4.78, 5) is 23.1. The Labute approximate surface area is 120 Å². The predicted molar refractivity (Wildman–Crippen MR) is 79.9 cm³/mol. The van der Waals surface area contributed by atoms with Gasteiger partial charge in [-0.3, -0.25) is 4.79 Å². The van der Waals surface area contributed by atoms with Gasteiger partial charge in [0.15, 0.2) is 0 Å². The van der Waals surface area contributed by atoms with Gasteiger partial charge in [0.25, 0.3) is 5.91 Å². The Balaban J connectivity index is 2.20. The molecule has 2 rings (SSSR count). The molecule has 0 unspecified atom stereocenters. The Bertz CT molecular complexity index is 487. The lowest BCUT2D eigenvalue weighted by Crippen LogP contribution is -2.36. The molecule has 1 N–H and O–H groups in total. The average Bonchev–Trinajstić information content (AvgIpc) is 2.36. The van der Waals surface area contributed by atoms with Crippen molar-refractivity contribution in [1.29, 1.82) is 0 Å². The Morgan fingerprint density at radius 2 is 1.85 bits per heavy atom. The van der Waals surface area contributed by atoms with Crippen LogP contribution < -0.4 is 5.32 Å². The molecule has 0 saturated carbocycles. The molecule has 1 aliphatic rings. The van der Waals surface area contributed by atoms with Crippen molar-refractivity contribution >= 4 is 11.9 Å². The van der Waals surface area contributed by atoms with Gasteiger partial charge in [0.2, 0.25) is 5.95 Å². The number of rotatable bonds is 2. The summed E-state index contributed by atoms with van der Waals surface area (Å²) in [5, 5.41) is 3.23. The number of nitrogens with one attached hydrogen (secondary N) is 1. The van der Waals surface area contributed by atoms with E-state index in [0.717, 1.165) is 31.6 Å². The number of nitrogens with zero attached hydrogens (tertiary/aromatic N) is 3. The monoisotopic (exact) mass is 276 g/mol. The Hall–Kier alpha value is -1.65. The van der Waals surface area contributed by atoms with Gasteiger partial charge in [-0.05, 0) is 53.0 Å². The molecule has 20 heavy (non-hydrogen) atoms. The van der Waals surface area contributed by atoms with E-state index in [2.05, 4.69) is 15.3 Å². The zero-order chi connectivity index (χ0) is 14.8. The SMILES string of the molecule is Cc1cc(C(=O)N2CCCCC2)nc(NC(C)(C)C)n1. The molecule has 1 aromatic rings. The fourth-order valence-electron chi connectivity index (χ4n) is 2.33. The Morgan fingerprint density at radius 3 is 2.45 bits per heavy atom. The highest BCUT2D eigenvalue weighted by Gasteiger charge is 2.21. The van der Waals surface area contributed by atoms with Gasteiger partial charge in [-0.25, -0.2) is 9.97 Å². The average molecular weight is 276 g/mol. The van der Waals surface area contributed by atoms with E-state index in [1.54, 1.807) is 6.07 Å². The first kappa shape index (κ1) is 14.8. The third-order valence-electron chi connectivity index (χ3n) is 3.20. The van der Waals surface area contributed by atoms with Crippen LogP contribution in [-0.4, -0.2) is 39.4 Å². The van der Waals surface area contributed by atoms with Crippen LogP contribution in [0.4, 0.5) is 5.95 Å². The van der Waals surface area contributed by atoms with E-state index in [1.165, 1.54) is 6.42 Å². The van der Waals surface area contributed by atoms with Crippen LogP contribution >= 0.6 is 0 Å². The summed E-state index contributed by atoms with van der Waals surface area (Å²) in [6.45, 7) is 9.71. The molecular weight excluding hydrogens is 252 g/mol. The maximum atomic E-state index is 12.5. The van der Waals surface area contributed by atoms with Gasteiger partial charge in [0.05, 0.1) is 0 Å². The molecule has 0 aromatic carbocycles. The number of aromatic nitrogens is 2. The van der Waals surface area contributed by atoms with Crippen molar-refractivity contribution in [1.82, 2.24) is 14.9 Å². The van der Waals surface area contributed by atoms with Crippen LogP contribution in [0.1, 0.15) is 56.2 Å². The van der Waals surface area contributed by atoms with Crippen molar-refractivity contribution in [2.45, 2.75) is 52.5 Å². The zero-order valence-electron chi connectivity index (χ0n) is 12.9. The van der Waals surface area contributed by atoms with Crippen LogP contribution in [0.15, 0.2) is 6.07 Å². The molecule has 110 valence electrons. The summed E-state index contributed by atoms with van der Waals surface area (Å²) >= 11 is 0. The van der Waals surface area contributed by atoms with Crippen molar-refractivity contribution in [2.75, 3.05) is 18.4 Å². The van der Waals surface area contributed by atoms with Gasteiger partial charge in [-0.15, -0.1) is 0 Å². The van der Waals surface area contributed by atoms with Crippen molar-refractivity contribution in [3.8, 4) is 0 Å². The Morgan fingerprint density at radius 1 is 1.20 bits per heavy atom. The molecule has 0 atom stereocenters. The topological polar surface area (TPSA) is 58.1 Å². The minimum atomic E-state index is -0.126. The number of carbonyl (C=O) groups excluding carboxylic acids is 1. The molecule has 0 spiro atoms. The minimum Gasteiger partial charge on any atom is -0.350 e. The van der Waals surface area contributed by atoms with E-state index in [1.807, 2.05) is 32.6 Å².